The van der Waals surface area contributed by atoms with E-state index < -0.39 is 113 Å². The summed E-state index contributed by atoms with van der Waals surface area (Å²) in [5, 5.41) is 67.0. The van der Waals surface area contributed by atoms with Crippen LogP contribution >= 0.6 is 0 Å². The highest BCUT2D eigenvalue weighted by molar-refractivity contribution is 5.83. The number of benzene rings is 1. The fourth-order valence-corrected chi connectivity index (χ4v) is 12.0. The van der Waals surface area contributed by atoms with E-state index in [1.54, 1.807) is 60.6 Å². The Bertz CT molecular complexity index is 2170. The van der Waals surface area contributed by atoms with Gasteiger partial charge in [0.05, 0.1) is 64.8 Å². The second-order valence-corrected chi connectivity index (χ2v) is 22.5. The zero-order valence-electron chi connectivity index (χ0n) is 45.9. The number of nitro groups is 1. The highest BCUT2D eigenvalue weighted by atomic mass is 16.7. The number of carbonyl (C=O) groups excluding carboxylic acids is 2. The molecular formula is C53H86N6O15. The monoisotopic (exact) mass is 1050 g/mol. The molecule has 21 nitrogen and oxygen atoms in total. The van der Waals surface area contributed by atoms with Crippen LogP contribution in [0, 0.1) is 33.8 Å². The number of nitrogens with zero attached hydrogens (tertiary/aromatic N) is 6. The molecule has 4 aliphatic rings. The highest BCUT2D eigenvalue weighted by Gasteiger charge is 2.54. The van der Waals surface area contributed by atoms with Gasteiger partial charge in [0.1, 0.15) is 29.7 Å². The van der Waals surface area contributed by atoms with E-state index in [4.69, 9.17) is 33.2 Å². The van der Waals surface area contributed by atoms with Gasteiger partial charge in [-0.1, -0.05) is 45.0 Å². The molecule has 1 aromatic carbocycles. The van der Waals surface area contributed by atoms with Gasteiger partial charge in [-0.05, 0) is 92.8 Å². The minimum atomic E-state index is -2.01. The minimum absolute atomic E-state index is 0.0607. The number of ketones is 1. The maximum absolute atomic E-state index is 14.5. The van der Waals surface area contributed by atoms with Gasteiger partial charge in [0.25, 0.3) is 5.69 Å². The zero-order valence-corrected chi connectivity index (χ0v) is 45.9. The van der Waals surface area contributed by atoms with E-state index in [9.17, 15) is 40.1 Å². The summed E-state index contributed by atoms with van der Waals surface area (Å²) in [6.07, 6.45) is -5.15. The van der Waals surface area contributed by atoms with Crippen LogP contribution in [0.15, 0.2) is 30.5 Å². The third-order valence-electron chi connectivity index (χ3n) is 16.9. The van der Waals surface area contributed by atoms with Crippen molar-refractivity contribution in [1.82, 2.24) is 24.8 Å². The first kappa shape index (κ1) is 59.7. The van der Waals surface area contributed by atoms with Crippen molar-refractivity contribution < 1.29 is 68.1 Å². The predicted octanol–water partition coefficient (Wildman–Crippen LogP) is 4.22. The Hall–Kier alpha value is -3.58. The van der Waals surface area contributed by atoms with Crippen molar-refractivity contribution in [1.29, 1.82) is 0 Å². The number of carbonyl (C=O) groups is 2. The topological polar surface area (TPSA) is 260 Å². The quantitative estimate of drug-likeness (QED) is 0.104. The summed E-state index contributed by atoms with van der Waals surface area (Å²) in [5.41, 5.74) is -2.55. The first-order valence-corrected chi connectivity index (χ1v) is 26.6. The summed E-state index contributed by atoms with van der Waals surface area (Å²) in [4.78, 5) is 44.0. The molecule has 0 radical (unpaired) electrons. The fraction of sp³-hybridized carbons (Fsp3) is 0.811. The van der Waals surface area contributed by atoms with Gasteiger partial charge in [0.2, 0.25) is 0 Å². The standard InChI is InChI=1S/C53H86N6O15/c1-14-41-53(10,65)46(62)32(4)43(60)30(2)25-52(9,69-13)48(33(5)45(34(6)49(64)72-41)73-42-26-51(8,68-12)47(63)35(7)71-42)74-50-44(61)40(24-31(3)70-50)56(11)23-21-37-28-58(55-54-37)29-39-16-15-22-57(39)27-36-17-19-38(20-18-36)59(66)67/h17-20,28,30-35,39-42,44-48,50,61-63,65H,14-16,21-27,29H2,1-13H3/t30-,31-,32-,33+,34-,35+,39+,40+,41-,42+,44-,45+,46-,47+,48-,50-,51-,52-,53-/m1/s1. The van der Waals surface area contributed by atoms with Crippen LogP contribution in [-0.4, -0.2) is 187 Å². The number of hydrogen-bond acceptors (Lipinski definition) is 19. The average Bonchev–Trinajstić information content (AvgIpc) is 4.02. The summed E-state index contributed by atoms with van der Waals surface area (Å²) in [5.74, 6) is -4.77. The zero-order chi connectivity index (χ0) is 54.6. The maximum Gasteiger partial charge on any atom is 0.311 e. The number of aliphatic hydroxyl groups excluding tert-OH is 3. The molecule has 0 saturated carbocycles. The maximum atomic E-state index is 14.5. The fourth-order valence-electron chi connectivity index (χ4n) is 12.0. The molecule has 19 atom stereocenters. The van der Waals surface area contributed by atoms with Crippen LogP contribution in [0.3, 0.4) is 0 Å². The van der Waals surface area contributed by atoms with Gasteiger partial charge in [-0.2, -0.15) is 0 Å². The minimum Gasteiger partial charge on any atom is -0.459 e. The first-order chi connectivity index (χ1) is 34.8. The number of rotatable bonds is 16. The van der Waals surface area contributed by atoms with Crippen LogP contribution in [0.1, 0.15) is 119 Å². The second kappa shape index (κ2) is 24.8. The van der Waals surface area contributed by atoms with Crippen molar-refractivity contribution in [3.05, 3.63) is 51.8 Å². The summed E-state index contributed by atoms with van der Waals surface area (Å²) in [6, 6.07) is 6.48. The third kappa shape index (κ3) is 13.4. The smallest absolute Gasteiger partial charge is 0.311 e. The lowest BCUT2D eigenvalue weighted by Gasteiger charge is -2.50. The van der Waals surface area contributed by atoms with Crippen LogP contribution in [-0.2, 0) is 62.3 Å². The van der Waals surface area contributed by atoms with Crippen molar-refractivity contribution in [3.63, 3.8) is 0 Å². The van der Waals surface area contributed by atoms with Crippen LogP contribution < -0.4 is 0 Å². The molecule has 1 aromatic heterocycles. The van der Waals surface area contributed by atoms with Crippen LogP contribution in [0.25, 0.3) is 0 Å². The molecule has 21 heteroatoms. The number of non-ortho nitro benzene ring substituents is 1. The number of Topliss-reactive ketones (excluding diaryl/α,β-unsaturated/α-hetero) is 1. The largest absolute Gasteiger partial charge is 0.459 e. The van der Waals surface area contributed by atoms with Crippen molar-refractivity contribution >= 4 is 17.4 Å². The molecule has 0 bridgehead atoms. The van der Waals surface area contributed by atoms with Crippen LogP contribution in [0.4, 0.5) is 5.69 Å². The van der Waals surface area contributed by atoms with Gasteiger partial charge in [-0.3, -0.25) is 29.3 Å². The molecule has 0 unspecified atom stereocenters. The first-order valence-electron chi connectivity index (χ1n) is 26.6. The molecule has 0 amide bonds. The van der Waals surface area contributed by atoms with E-state index in [0.29, 0.717) is 32.5 Å². The van der Waals surface area contributed by atoms with Gasteiger partial charge < -0.3 is 58.5 Å². The normalized spacial score (nSPS) is 40.2. The molecule has 418 valence electrons. The van der Waals surface area contributed by atoms with Crippen molar-refractivity contribution in [2.75, 3.05) is 34.4 Å². The average molecular weight is 1050 g/mol. The summed E-state index contributed by atoms with van der Waals surface area (Å²) in [7, 11) is 4.93. The second-order valence-electron chi connectivity index (χ2n) is 22.5. The van der Waals surface area contributed by atoms with Crippen LogP contribution in [0.5, 0.6) is 0 Å². The SMILES string of the molecule is CC[C@H]1OC(=O)[C@H](C)[C@@H](O[C@H]2C[C@@](C)(OC)[C@@H](O)[C@H](C)O2)[C@H](C)[C@@H](O[C@H]2O[C@H](C)C[C@H](N(C)CCc3cn(C[C@@H]4CCCN4Cc4ccc([N+](=O)[O-])cc4)nn3)[C@H]2O)[C@](C)(OC)C[C@@H](C)C(=O)[C@@H](C)[C@@H](O)[C@]1(C)O. The number of cyclic esters (lactones) is 1. The van der Waals surface area contributed by atoms with Crippen molar-refractivity contribution in [2.24, 2.45) is 23.7 Å². The number of hydrogen-bond donors (Lipinski definition) is 4. The Balaban J connectivity index is 1.24. The van der Waals surface area contributed by atoms with Crippen molar-refractivity contribution in [3.8, 4) is 0 Å². The Morgan fingerprint density at radius 2 is 1.61 bits per heavy atom. The Morgan fingerprint density at radius 1 is 0.932 bits per heavy atom. The van der Waals surface area contributed by atoms with Gasteiger partial charge in [-0.15, -0.1) is 5.10 Å². The molecular weight excluding hydrogens is 961 g/mol. The van der Waals surface area contributed by atoms with Gasteiger partial charge in [-0.25, -0.2) is 0 Å². The number of esters is 1. The van der Waals surface area contributed by atoms with Gasteiger partial charge in [0, 0.05) is 88.3 Å². The molecule has 4 fully saturated rings. The van der Waals surface area contributed by atoms with E-state index in [2.05, 4.69) is 20.1 Å². The Kier molecular flexibility index (Phi) is 20.0. The van der Waals surface area contributed by atoms with Crippen LogP contribution in [0.2, 0.25) is 0 Å². The molecule has 4 aliphatic heterocycles. The molecule has 2 aromatic rings. The molecule has 4 N–H and O–H groups in total. The van der Waals surface area contributed by atoms with E-state index in [1.807, 2.05) is 31.8 Å². The summed E-state index contributed by atoms with van der Waals surface area (Å²) >= 11 is 0. The Morgan fingerprint density at radius 3 is 2.24 bits per heavy atom. The molecule has 6 rings (SSSR count). The number of likely N-dealkylation sites (tertiary alicyclic amines) is 1. The third-order valence-corrected chi connectivity index (χ3v) is 16.9. The van der Waals surface area contributed by atoms with Crippen molar-refractivity contribution in [2.45, 2.75) is 218 Å². The number of aliphatic hydroxyl groups is 4. The molecule has 0 spiro atoms. The van der Waals surface area contributed by atoms with E-state index in [1.165, 1.54) is 33.3 Å². The Labute approximate surface area is 436 Å². The lowest BCUT2D eigenvalue weighted by atomic mass is 9.74. The summed E-state index contributed by atoms with van der Waals surface area (Å²) < 4.78 is 46.7. The van der Waals surface area contributed by atoms with E-state index >= 15 is 0 Å². The number of likely N-dealkylation sites (N-methyl/N-ethyl adjacent to an activating group) is 1. The van der Waals surface area contributed by atoms with Gasteiger partial charge in [0.15, 0.2) is 12.6 Å². The highest BCUT2D eigenvalue weighted by Crippen LogP contribution is 2.42. The number of aromatic nitrogens is 3. The van der Waals surface area contributed by atoms with E-state index in [0.717, 1.165) is 30.6 Å². The summed E-state index contributed by atoms with van der Waals surface area (Å²) in [6.45, 7) is 19.8. The molecule has 5 heterocycles. The lowest BCUT2D eigenvalue weighted by Crippen LogP contribution is -2.61. The molecule has 0 aliphatic carbocycles. The van der Waals surface area contributed by atoms with Gasteiger partial charge >= 0.3 is 5.97 Å². The molecule has 74 heavy (non-hydrogen) atoms. The number of methoxy groups -OCH3 is 2. The number of ether oxygens (including phenoxy) is 7. The number of nitro benzene ring substituents is 1. The van der Waals surface area contributed by atoms with E-state index in [-0.39, 0.29) is 42.9 Å². The lowest BCUT2D eigenvalue weighted by molar-refractivity contribution is -0.384. The predicted molar refractivity (Wildman–Crippen MR) is 270 cm³/mol. The molecule has 4 saturated heterocycles.